The number of rotatable bonds is 4. The van der Waals surface area contributed by atoms with E-state index in [9.17, 15) is 4.79 Å². The number of benzene rings is 1. The van der Waals surface area contributed by atoms with E-state index in [4.69, 9.17) is 5.73 Å². The zero-order valence-corrected chi connectivity index (χ0v) is 12.7. The van der Waals surface area contributed by atoms with Crippen LogP contribution >= 0.6 is 12.4 Å². The number of halogens is 1. The average Bonchev–Trinajstić information content (AvgIpc) is 3.13. The summed E-state index contributed by atoms with van der Waals surface area (Å²) in [7, 11) is 0. The molecule has 0 spiro atoms. The molecule has 2 aliphatic rings. The van der Waals surface area contributed by atoms with E-state index < -0.39 is 0 Å². The zero-order chi connectivity index (χ0) is 13.4. The third-order valence-electron chi connectivity index (χ3n) is 4.58. The average molecular weight is 295 g/mol. The van der Waals surface area contributed by atoms with Crippen molar-refractivity contribution in [3.63, 3.8) is 0 Å². The molecule has 0 saturated heterocycles. The van der Waals surface area contributed by atoms with E-state index in [0.717, 1.165) is 19.3 Å². The summed E-state index contributed by atoms with van der Waals surface area (Å²) >= 11 is 0. The Labute approximate surface area is 126 Å². The van der Waals surface area contributed by atoms with Crippen LogP contribution in [0.4, 0.5) is 0 Å². The summed E-state index contributed by atoms with van der Waals surface area (Å²) in [5.41, 5.74) is 8.77. The van der Waals surface area contributed by atoms with Gasteiger partial charge in [0.15, 0.2) is 0 Å². The molecule has 1 aromatic rings. The second-order valence-corrected chi connectivity index (χ2v) is 5.86. The van der Waals surface area contributed by atoms with E-state index in [0.29, 0.717) is 17.9 Å². The topological polar surface area (TPSA) is 55.1 Å². The monoisotopic (exact) mass is 294 g/mol. The maximum absolute atomic E-state index is 12.0. The highest BCUT2D eigenvalue weighted by atomic mass is 35.5. The lowest BCUT2D eigenvalue weighted by molar-refractivity contribution is -0.122. The van der Waals surface area contributed by atoms with Gasteiger partial charge in [-0.1, -0.05) is 37.6 Å². The smallest absolute Gasteiger partial charge is 0.237 e. The van der Waals surface area contributed by atoms with Crippen LogP contribution in [-0.4, -0.2) is 18.0 Å². The minimum atomic E-state index is -0.345. The number of hydrogen-bond donors (Lipinski definition) is 2. The fourth-order valence-corrected chi connectivity index (χ4v) is 3.48. The second-order valence-electron chi connectivity index (χ2n) is 5.86. The first kappa shape index (κ1) is 15.3. The summed E-state index contributed by atoms with van der Waals surface area (Å²) < 4.78 is 0. The molecule has 4 unspecified atom stereocenters. The van der Waals surface area contributed by atoms with Crippen LogP contribution in [0, 0.1) is 5.92 Å². The first-order chi connectivity index (χ1) is 9.22. The van der Waals surface area contributed by atoms with Crippen LogP contribution in [0.2, 0.25) is 0 Å². The third kappa shape index (κ3) is 2.70. The summed E-state index contributed by atoms with van der Waals surface area (Å²) in [5, 5.41) is 3.16. The molecule has 0 radical (unpaired) electrons. The number of carbonyl (C=O) groups excluding carboxylic acids is 1. The van der Waals surface area contributed by atoms with Gasteiger partial charge in [0.05, 0.1) is 6.04 Å². The Morgan fingerprint density at radius 1 is 1.45 bits per heavy atom. The highest BCUT2D eigenvalue weighted by Crippen LogP contribution is 2.54. The van der Waals surface area contributed by atoms with Crippen molar-refractivity contribution in [3.05, 3.63) is 35.4 Å². The van der Waals surface area contributed by atoms with Gasteiger partial charge in [-0.25, -0.2) is 0 Å². The predicted molar refractivity (Wildman–Crippen MR) is 83.1 cm³/mol. The molecule has 110 valence electrons. The van der Waals surface area contributed by atoms with E-state index in [1.165, 1.54) is 17.5 Å². The van der Waals surface area contributed by atoms with Gasteiger partial charge >= 0.3 is 0 Å². The van der Waals surface area contributed by atoms with Crippen molar-refractivity contribution in [1.29, 1.82) is 0 Å². The van der Waals surface area contributed by atoms with Gasteiger partial charge in [-0.3, -0.25) is 4.79 Å². The molecule has 20 heavy (non-hydrogen) atoms. The van der Waals surface area contributed by atoms with Crippen LogP contribution in [0.3, 0.4) is 0 Å². The molecule has 1 fully saturated rings. The van der Waals surface area contributed by atoms with Gasteiger partial charge in [0, 0.05) is 12.0 Å². The molecule has 4 atom stereocenters. The van der Waals surface area contributed by atoms with E-state index in [1.54, 1.807) is 0 Å². The SMILES string of the molecule is CCCC(N)C(=O)NC1C2CCc3ccccc3C21.Cl. The maximum atomic E-state index is 12.0. The number of carbonyl (C=O) groups is 1. The molecule has 0 bridgehead atoms. The number of fused-ring (bicyclic) bond motifs is 3. The Balaban J connectivity index is 0.00000147. The molecule has 0 aliphatic heterocycles. The number of hydrogen-bond acceptors (Lipinski definition) is 2. The minimum absolute atomic E-state index is 0. The summed E-state index contributed by atoms with van der Waals surface area (Å²) in [6.07, 6.45) is 4.06. The van der Waals surface area contributed by atoms with E-state index in [-0.39, 0.29) is 24.4 Å². The first-order valence-corrected chi connectivity index (χ1v) is 7.36. The Kier molecular flexibility index (Phi) is 4.71. The number of nitrogens with one attached hydrogen (secondary N) is 1. The van der Waals surface area contributed by atoms with Gasteiger partial charge in [0.1, 0.15) is 0 Å². The summed E-state index contributed by atoms with van der Waals surface area (Å²) in [6.45, 7) is 2.06. The van der Waals surface area contributed by atoms with Gasteiger partial charge < -0.3 is 11.1 Å². The fraction of sp³-hybridized carbons (Fsp3) is 0.562. The van der Waals surface area contributed by atoms with Gasteiger partial charge in [0.2, 0.25) is 5.91 Å². The predicted octanol–water partition coefficient (Wildman–Crippen LogP) is 2.38. The molecule has 1 amide bonds. The van der Waals surface area contributed by atoms with Gasteiger partial charge in [0.25, 0.3) is 0 Å². The molecule has 4 heteroatoms. The molecule has 3 N–H and O–H groups in total. The maximum Gasteiger partial charge on any atom is 0.237 e. The van der Waals surface area contributed by atoms with Crippen molar-refractivity contribution in [2.45, 2.75) is 50.6 Å². The lowest BCUT2D eigenvalue weighted by Crippen LogP contribution is -2.42. The molecule has 3 nitrogen and oxygen atoms in total. The quantitative estimate of drug-likeness (QED) is 0.896. The van der Waals surface area contributed by atoms with E-state index >= 15 is 0 Å². The Bertz CT molecular complexity index is 491. The minimum Gasteiger partial charge on any atom is -0.351 e. The molecule has 1 saturated carbocycles. The number of amides is 1. The summed E-state index contributed by atoms with van der Waals surface area (Å²) in [6, 6.07) is 8.60. The van der Waals surface area contributed by atoms with Crippen molar-refractivity contribution >= 4 is 18.3 Å². The Morgan fingerprint density at radius 2 is 2.20 bits per heavy atom. The molecule has 3 rings (SSSR count). The molecular weight excluding hydrogens is 272 g/mol. The van der Waals surface area contributed by atoms with Gasteiger partial charge in [-0.05, 0) is 36.3 Å². The van der Waals surface area contributed by atoms with E-state index in [2.05, 4.69) is 36.5 Å². The largest absolute Gasteiger partial charge is 0.351 e. The number of aryl methyl sites for hydroxylation is 1. The van der Waals surface area contributed by atoms with Crippen molar-refractivity contribution in [2.75, 3.05) is 0 Å². The third-order valence-corrected chi connectivity index (χ3v) is 4.58. The van der Waals surface area contributed by atoms with Crippen LogP contribution in [-0.2, 0) is 11.2 Å². The van der Waals surface area contributed by atoms with Crippen LogP contribution in [0.5, 0.6) is 0 Å². The van der Waals surface area contributed by atoms with Gasteiger partial charge in [-0.15, -0.1) is 12.4 Å². The van der Waals surface area contributed by atoms with Crippen molar-refractivity contribution in [3.8, 4) is 0 Å². The van der Waals surface area contributed by atoms with Crippen LogP contribution in [0.1, 0.15) is 43.2 Å². The van der Waals surface area contributed by atoms with Gasteiger partial charge in [-0.2, -0.15) is 0 Å². The Morgan fingerprint density at radius 3 is 2.95 bits per heavy atom. The molecule has 2 aliphatic carbocycles. The highest BCUT2D eigenvalue weighted by Gasteiger charge is 2.53. The molecule has 0 heterocycles. The zero-order valence-electron chi connectivity index (χ0n) is 11.8. The van der Waals surface area contributed by atoms with Crippen LogP contribution in [0.15, 0.2) is 24.3 Å². The lowest BCUT2D eigenvalue weighted by atomic mass is 9.92. The first-order valence-electron chi connectivity index (χ1n) is 7.36. The normalized spacial score (nSPS) is 27.6. The lowest BCUT2D eigenvalue weighted by Gasteiger charge is -2.13. The van der Waals surface area contributed by atoms with Crippen molar-refractivity contribution in [2.24, 2.45) is 11.7 Å². The number of nitrogens with two attached hydrogens (primary N) is 1. The molecule has 0 aromatic heterocycles. The van der Waals surface area contributed by atoms with E-state index in [1.807, 2.05) is 0 Å². The fourth-order valence-electron chi connectivity index (χ4n) is 3.48. The summed E-state index contributed by atoms with van der Waals surface area (Å²) in [5.74, 6) is 1.19. The van der Waals surface area contributed by atoms with Crippen molar-refractivity contribution < 1.29 is 4.79 Å². The highest BCUT2D eigenvalue weighted by molar-refractivity contribution is 5.85. The molecule has 1 aromatic carbocycles. The van der Waals surface area contributed by atoms with Crippen molar-refractivity contribution in [1.82, 2.24) is 5.32 Å². The Hall–Kier alpha value is -1.06. The standard InChI is InChI=1S/C16H22N2O.ClH/c1-2-5-13(17)16(19)18-15-12-9-8-10-6-3-4-7-11(10)14(12)15;/h3-4,6-7,12-15H,2,5,8-9,17H2,1H3,(H,18,19);1H. The molecular formula is C16H23ClN2O. The summed E-state index contributed by atoms with van der Waals surface area (Å²) in [4.78, 5) is 12.0. The van der Waals surface area contributed by atoms with Crippen LogP contribution < -0.4 is 11.1 Å². The van der Waals surface area contributed by atoms with Crippen LogP contribution in [0.25, 0.3) is 0 Å². The second kappa shape index (κ2) is 6.15.